The van der Waals surface area contributed by atoms with Crippen molar-refractivity contribution in [3.8, 4) is 5.75 Å². The van der Waals surface area contributed by atoms with Gasteiger partial charge in [0, 0.05) is 24.0 Å². The molecule has 2 aromatic carbocycles. The Balaban J connectivity index is 1.69. The van der Waals surface area contributed by atoms with Gasteiger partial charge in [-0.15, -0.1) is 0 Å². The van der Waals surface area contributed by atoms with Crippen LogP contribution in [0.4, 0.5) is 5.69 Å². The molecule has 0 bridgehead atoms. The van der Waals surface area contributed by atoms with Gasteiger partial charge in [0.15, 0.2) is 0 Å². The van der Waals surface area contributed by atoms with Crippen LogP contribution in [0.3, 0.4) is 0 Å². The van der Waals surface area contributed by atoms with Gasteiger partial charge >= 0.3 is 0 Å². The van der Waals surface area contributed by atoms with E-state index in [0.717, 1.165) is 54.8 Å². The van der Waals surface area contributed by atoms with Crippen LogP contribution in [-0.2, 0) is 24.3 Å². The van der Waals surface area contributed by atoms with Crippen molar-refractivity contribution in [1.82, 2.24) is 9.78 Å². The van der Waals surface area contributed by atoms with Gasteiger partial charge in [0.05, 0.1) is 25.8 Å². The van der Waals surface area contributed by atoms with Crippen LogP contribution in [0.15, 0.2) is 54.9 Å². The molecule has 33 heavy (non-hydrogen) atoms. The van der Waals surface area contributed by atoms with Crippen molar-refractivity contribution in [2.75, 3.05) is 12.0 Å². The van der Waals surface area contributed by atoms with E-state index in [1.807, 2.05) is 21.8 Å². The van der Waals surface area contributed by atoms with Crippen LogP contribution in [0.1, 0.15) is 74.1 Å². The third-order valence-electron chi connectivity index (χ3n) is 6.58. The molecular formula is C28H35N3O2. The first-order valence-corrected chi connectivity index (χ1v) is 12.1. The number of rotatable bonds is 8. The van der Waals surface area contributed by atoms with Gasteiger partial charge in [-0.3, -0.25) is 9.48 Å². The summed E-state index contributed by atoms with van der Waals surface area (Å²) < 4.78 is 7.43. The summed E-state index contributed by atoms with van der Waals surface area (Å²) >= 11 is 0. The first-order valence-electron chi connectivity index (χ1n) is 12.1. The third-order valence-corrected chi connectivity index (χ3v) is 6.58. The van der Waals surface area contributed by atoms with Gasteiger partial charge in [-0.25, -0.2) is 0 Å². The summed E-state index contributed by atoms with van der Waals surface area (Å²) in [4.78, 5) is 16.0. The Morgan fingerprint density at radius 3 is 2.70 bits per heavy atom. The summed E-state index contributed by atoms with van der Waals surface area (Å²) in [5, 5.41) is 4.48. The molecule has 4 rings (SSSR count). The van der Waals surface area contributed by atoms with Crippen molar-refractivity contribution < 1.29 is 9.53 Å². The quantitative estimate of drug-likeness (QED) is 0.422. The van der Waals surface area contributed by atoms with Crippen LogP contribution in [-0.4, -0.2) is 22.8 Å². The summed E-state index contributed by atoms with van der Waals surface area (Å²) in [7, 11) is 1.68. The fraction of sp³-hybridized carbons (Fsp3) is 0.429. The molecule has 5 nitrogen and oxygen atoms in total. The molecule has 1 heterocycles. The van der Waals surface area contributed by atoms with Crippen molar-refractivity contribution in [2.24, 2.45) is 0 Å². The van der Waals surface area contributed by atoms with E-state index in [4.69, 9.17) is 4.74 Å². The van der Waals surface area contributed by atoms with E-state index < -0.39 is 0 Å². The average molecular weight is 446 g/mol. The first kappa shape index (κ1) is 23.1. The highest BCUT2D eigenvalue weighted by Crippen LogP contribution is 2.37. The summed E-state index contributed by atoms with van der Waals surface area (Å²) in [5.74, 6) is 1.24. The van der Waals surface area contributed by atoms with Crippen molar-refractivity contribution in [1.29, 1.82) is 0 Å². The molecule has 174 valence electrons. The minimum atomic E-state index is -0.167. The molecule has 1 aromatic heterocycles. The number of anilines is 1. The molecule has 0 N–H and O–H groups in total. The van der Waals surface area contributed by atoms with E-state index in [0.29, 0.717) is 12.5 Å². The lowest BCUT2D eigenvalue weighted by atomic mass is 9.81. The Labute approximate surface area is 197 Å². The van der Waals surface area contributed by atoms with Crippen LogP contribution < -0.4 is 9.64 Å². The summed E-state index contributed by atoms with van der Waals surface area (Å²) in [6, 6.07) is 14.6. The Bertz CT molecular complexity index is 1080. The number of carbonyl (C=O) groups is 1. The van der Waals surface area contributed by atoms with Crippen molar-refractivity contribution >= 4 is 11.6 Å². The molecule has 1 aliphatic carbocycles. The number of hydrogen-bond donors (Lipinski definition) is 0. The number of fused-ring (bicyclic) bond motifs is 1. The monoisotopic (exact) mass is 445 g/mol. The molecule has 0 radical (unpaired) electrons. The fourth-order valence-corrected chi connectivity index (χ4v) is 4.71. The standard InChI is InChI=1S/C28H35N3O2/c1-5-15-30-18-21(17-29-30)19-31(24-12-9-22(10-13-24)20(2)3)28(32)26-8-6-7-23-11-14-25(33-4)16-27(23)26/h9-14,16-18,20,26H,5-8,15,19H2,1-4H3. The van der Waals surface area contributed by atoms with E-state index in [-0.39, 0.29) is 11.8 Å². The van der Waals surface area contributed by atoms with Gasteiger partial charge in [-0.1, -0.05) is 39.0 Å². The minimum Gasteiger partial charge on any atom is -0.497 e. The third kappa shape index (κ3) is 5.13. The average Bonchev–Trinajstić information content (AvgIpc) is 3.28. The summed E-state index contributed by atoms with van der Waals surface area (Å²) in [5.41, 5.74) is 5.62. The number of hydrogen-bond acceptors (Lipinski definition) is 3. The molecule has 5 heteroatoms. The molecule has 0 saturated heterocycles. The van der Waals surface area contributed by atoms with Gasteiger partial charge < -0.3 is 9.64 Å². The lowest BCUT2D eigenvalue weighted by Crippen LogP contribution is -2.36. The smallest absolute Gasteiger partial charge is 0.234 e. The van der Waals surface area contributed by atoms with E-state index in [9.17, 15) is 4.79 Å². The topological polar surface area (TPSA) is 47.4 Å². The molecule has 0 aliphatic heterocycles. The van der Waals surface area contributed by atoms with Gasteiger partial charge in [-0.2, -0.15) is 5.10 Å². The summed E-state index contributed by atoms with van der Waals surface area (Å²) in [6.07, 6.45) is 7.86. The maximum atomic E-state index is 14.1. The normalized spacial score (nSPS) is 15.4. The van der Waals surface area contributed by atoms with Crippen molar-refractivity contribution in [3.63, 3.8) is 0 Å². The van der Waals surface area contributed by atoms with Crippen LogP contribution in [0, 0.1) is 0 Å². The number of ether oxygens (including phenoxy) is 1. The van der Waals surface area contributed by atoms with E-state index in [1.165, 1.54) is 11.1 Å². The van der Waals surface area contributed by atoms with Crippen molar-refractivity contribution in [2.45, 2.75) is 71.4 Å². The molecular weight excluding hydrogens is 410 g/mol. The van der Waals surface area contributed by atoms with Gasteiger partial charge in [0.2, 0.25) is 5.91 Å². The molecule has 1 amide bonds. The van der Waals surface area contributed by atoms with Gasteiger partial charge in [-0.05, 0) is 72.6 Å². The Morgan fingerprint density at radius 1 is 1.21 bits per heavy atom. The lowest BCUT2D eigenvalue weighted by molar-refractivity contribution is -0.120. The first-order chi connectivity index (χ1) is 16.0. The number of methoxy groups -OCH3 is 1. The second-order valence-corrected chi connectivity index (χ2v) is 9.29. The summed E-state index contributed by atoms with van der Waals surface area (Å²) in [6.45, 7) is 7.91. The van der Waals surface area contributed by atoms with Crippen LogP contribution >= 0.6 is 0 Å². The molecule has 1 atom stereocenters. The zero-order chi connectivity index (χ0) is 23.4. The second-order valence-electron chi connectivity index (χ2n) is 9.29. The zero-order valence-corrected chi connectivity index (χ0v) is 20.3. The predicted molar refractivity (Wildman–Crippen MR) is 133 cm³/mol. The number of aromatic nitrogens is 2. The van der Waals surface area contributed by atoms with E-state index in [2.05, 4.69) is 68.5 Å². The van der Waals surface area contributed by atoms with Crippen LogP contribution in [0.5, 0.6) is 5.75 Å². The number of aryl methyl sites for hydroxylation is 2. The maximum Gasteiger partial charge on any atom is 0.234 e. The second kappa shape index (κ2) is 10.2. The molecule has 0 saturated carbocycles. The van der Waals surface area contributed by atoms with Crippen LogP contribution in [0.25, 0.3) is 0 Å². The number of carbonyl (C=O) groups excluding carboxylic acids is 1. The minimum absolute atomic E-state index is 0.143. The predicted octanol–water partition coefficient (Wildman–Crippen LogP) is 6.08. The van der Waals surface area contributed by atoms with Gasteiger partial charge in [0.25, 0.3) is 0 Å². The van der Waals surface area contributed by atoms with E-state index in [1.54, 1.807) is 7.11 Å². The highest BCUT2D eigenvalue weighted by molar-refractivity contribution is 5.98. The lowest BCUT2D eigenvalue weighted by Gasteiger charge is -2.31. The SMILES string of the molecule is CCCn1cc(CN(C(=O)C2CCCc3ccc(OC)cc32)c2ccc(C(C)C)cc2)cn1. The Kier molecular flexibility index (Phi) is 7.17. The zero-order valence-electron chi connectivity index (χ0n) is 20.3. The number of benzene rings is 2. The molecule has 1 unspecified atom stereocenters. The highest BCUT2D eigenvalue weighted by Gasteiger charge is 2.31. The fourth-order valence-electron chi connectivity index (χ4n) is 4.71. The van der Waals surface area contributed by atoms with E-state index >= 15 is 0 Å². The maximum absolute atomic E-state index is 14.1. The molecule has 0 spiro atoms. The Hall–Kier alpha value is -3.08. The number of amides is 1. The van der Waals surface area contributed by atoms with Crippen molar-refractivity contribution in [3.05, 3.63) is 77.1 Å². The van der Waals surface area contributed by atoms with Gasteiger partial charge in [0.1, 0.15) is 5.75 Å². The molecule has 3 aromatic rings. The highest BCUT2D eigenvalue weighted by atomic mass is 16.5. The van der Waals surface area contributed by atoms with Crippen LogP contribution in [0.2, 0.25) is 0 Å². The largest absolute Gasteiger partial charge is 0.497 e. The number of nitrogens with zero attached hydrogens (tertiary/aromatic N) is 3. The Morgan fingerprint density at radius 2 is 2.00 bits per heavy atom. The molecule has 1 aliphatic rings. The molecule has 0 fully saturated rings.